The Morgan fingerprint density at radius 2 is 1.51 bits per heavy atom. The van der Waals surface area contributed by atoms with Crippen LogP contribution < -0.4 is 14.5 Å². The summed E-state index contributed by atoms with van der Waals surface area (Å²) in [6.07, 6.45) is 6.57. The number of hydrogen-bond acceptors (Lipinski definition) is 6. The zero-order valence-corrected chi connectivity index (χ0v) is 20.5. The highest BCUT2D eigenvalue weighted by Crippen LogP contribution is 2.38. The van der Waals surface area contributed by atoms with Gasteiger partial charge < -0.3 is 19.1 Å². The summed E-state index contributed by atoms with van der Waals surface area (Å²) in [6.45, 7) is 5.88. The summed E-state index contributed by atoms with van der Waals surface area (Å²) in [5.41, 5.74) is 5.53. The molecule has 2 aliphatic rings. The van der Waals surface area contributed by atoms with Crippen molar-refractivity contribution in [2.24, 2.45) is 0 Å². The van der Waals surface area contributed by atoms with Crippen LogP contribution in [0, 0.1) is 6.92 Å². The summed E-state index contributed by atoms with van der Waals surface area (Å²) in [7, 11) is 1.70. The molecule has 1 saturated heterocycles. The molecule has 0 unspecified atom stereocenters. The molecule has 1 aliphatic carbocycles. The topological polar surface area (TPSA) is 59.3 Å². The molecule has 4 aromatic rings. The third kappa shape index (κ3) is 4.09. The Bertz CT molecular complexity index is 1300. The van der Waals surface area contributed by atoms with Crippen molar-refractivity contribution < 1.29 is 4.74 Å². The second kappa shape index (κ2) is 9.21. The summed E-state index contributed by atoms with van der Waals surface area (Å²) in [5, 5.41) is 0. The zero-order valence-electron chi connectivity index (χ0n) is 20.5. The Morgan fingerprint density at radius 1 is 0.829 bits per heavy atom. The van der Waals surface area contributed by atoms with E-state index >= 15 is 0 Å². The number of ether oxygens (including phenoxy) is 1. The number of fused-ring (bicyclic) bond motifs is 1. The molecule has 1 saturated carbocycles. The van der Waals surface area contributed by atoms with Crippen molar-refractivity contribution in [2.45, 2.75) is 38.6 Å². The summed E-state index contributed by atoms with van der Waals surface area (Å²) >= 11 is 0. The lowest BCUT2D eigenvalue weighted by molar-refractivity contribution is 0.415. The van der Waals surface area contributed by atoms with Crippen LogP contribution >= 0.6 is 0 Å². The third-order valence-corrected chi connectivity index (χ3v) is 7.47. The van der Waals surface area contributed by atoms with Gasteiger partial charge >= 0.3 is 0 Å². The number of benzene rings is 2. The summed E-state index contributed by atoms with van der Waals surface area (Å²) < 4.78 is 7.75. The maximum atomic E-state index is 5.38. The van der Waals surface area contributed by atoms with E-state index < -0.39 is 0 Å². The Labute approximate surface area is 206 Å². The number of hydrogen-bond donors (Lipinski definition) is 0. The summed E-state index contributed by atoms with van der Waals surface area (Å²) in [5.74, 6) is 2.78. The molecule has 6 rings (SSSR count). The van der Waals surface area contributed by atoms with Crippen molar-refractivity contribution in [1.29, 1.82) is 0 Å². The second-order valence-corrected chi connectivity index (χ2v) is 9.65. The highest BCUT2D eigenvalue weighted by molar-refractivity contribution is 5.87. The van der Waals surface area contributed by atoms with E-state index in [4.69, 9.17) is 19.7 Å². The molecule has 0 amide bonds. The Balaban J connectivity index is 1.35. The first kappa shape index (κ1) is 21.9. The fourth-order valence-corrected chi connectivity index (χ4v) is 5.51. The van der Waals surface area contributed by atoms with E-state index in [9.17, 15) is 0 Å². The molecule has 7 heteroatoms. The lowest BCUT2D eigenvalue weighted by Crippen LogP contribution is -2.47. The molecule has 180 valence electrons. The van der Waals surface area contributed by atoms with Gasteiger partial charge in [0.15, 0.2) is 17.0 Å². The lowest BCUT2D eigenvalue weighted by Gasteiger charge is -2.36. The van der Waals surface area contributed by atoms with Gasteiger partial charge in [-0.1, -0.05) is 30.5 Å². The number of anilines is 2. The maximum Gasteiger partial charge on any atom is 0.166 e. The van der Waals surface area contributed by atoms with E-state index in [0.717, 1.165) is 60.3 Å². The molecule has 1 aliphatic heterocycles. The van der Waals surface area contributed by atoms with Crippen molar-refractivity contribution in [3.05, 3.63) is 60.4 Å². The number of aryl methyl sites for hydroxylation is 1. The Morgan fingerprint density at radius 3 is 2.20 bits per heavy atom. The molecule has 3 heterocycles. The molecule has 2 aromatic carbocycles. The average molecular weight is 469 g/mol. The second-order valence-electron chi connectivity index (χ2n) is 9.65. The predicted molar refractivity (Wildman–Crippen MR) is 140 cm³/mol. The van der Waals surface area contributed by atoms with E-state index in [1.54, 1.807) is 13.4 Å². The molecule has 0 spiro atoms. The zero-order chi connectivity index (χ0) is 23.8. The van der Waals surface area contributed by atoms with E-state index in [0.29, 0.717) is 6.04 Å². The van der Waals surface area contributed by atoms with Crippen LogP contribution in [0.2, 0.25) is 0 Å². The van der Waals surface area contributed by atoms with Crippen LogP contribution in [0.25, 0.3) is 22.6 Å². The maximum absolute atomic E-state index is 5.38. The SMILES string of the molecule is COc1ccc(-c2nc3c(N4CCN(c5ccc(C)cc5)CC4)ncnc3n2C2CCCC2)cc1. The lowest BCUT2D eigenvalue weighted by atomic mass is 10.1. The minimum atomic E-state index is 0.429. The van der Waals surface area contributed by atoms with Gasteiger partial charge in [-0.3, -0.25) is 0 Å². The highest BCUT2D eigenvalue weighted by Gasteiger charge is 2.28. The molecule has 0 atom stereocenters. The Hall–Kier alpha value is -3.61. The van der Waals surface area contributed by atoms with Crippen molar-refractivity contribution in [3.63, 3.8) is 0 Å². The number of aromatic nitrogens is 4. The number of rotatable bonds is 5. The summed E-state index contributed by atoms with van der Waals surface area (Å²) in [6, 6.07) is 17.4. The van der Waals surface area contributed by atoms with Crippen LogP contribution in [0.3, 0.4) is 0 Å². The molecule has 7 nitrogen and oxygen atoms in total. The van der Waals surface area contributed by atoms with Crippen LogP contribution in [0.15, 0.2) is 54.9 Å². The quantitative estimate of drug-likeness (QED) is 0.399. The van der Waals surface area contributed by atoms with Gasteiger partial charge in [0.25, 0.3) is 0 Å². The van der Waals surface area contributed by atoms with Gasteiger partial charge in [0.05, 0.1) is 7.11 Å². The minimum Gasteiger partial charge on any atom is -0.497 e. The van der Waals surface area contributed by atoms with Gasteiger partial charge in [0.1, 0.15) is 17.9 Å². The van der Waals surface area contributed by atoms with Gasteiger partial charge in [-0.05, 0) is 56.2 Å². The first-order chi connectivity index (χ1) is 17.2. The Kier molecular flexibility index (Phi) is 5.76. The average Bonchev–Trinajstić information content (AvgIpc) is 3.57. The number of methoxy groups -OCH3 is 1. The van der Waals surface area contributed by atoms with Crippen molar-refractivity contribution in [2.75, 3.05) is 43.1 Å². The van der Waals surface area contributed by atoms with Crippen LogP contribution in [0.5, 0.6) is 5.75 Å². The molecule has 0 radical (unpaired) electrons. The van der Waals surface area contributed by atoms with Gasteiger partial charge in [-0.15, -0.1) is 0 Å². The number of imidazole rings is 1. The molecule has 35 heavy (non-hydrogen) atoms. The van der Waals surface area contributed by atoms with Crippen molar-refractivity contribution in [3.8, 4) is 17.1 Å². The molecular formula is C28H32N6O. The molecular weight excluding hydrogens is 436 g/mol. The molecule has 2 aromatic heterocycles. The number of nitrogens with zero attached hydrogens (tertiary/aromatic N) is 6. The van der Waals surface area contributed by atoms with Gasteiger partial charge in [0.2, 0.25) is 0 Å². The summed E-state index contributed by atoms with van der Waals surface area (Å²) in [4.78, 5) is 19.5. The number of piperazine rings is 1. The molecule has 0 bridgehead atoms. The van der Waals surface area contributed by atoms with Crippen molar-refractivity contribution in [1.82, 2.24) is 19.5 Å². The van der Waals surface area contributed by atoms with E-state index in [1.807, 2.05) is 12.1 Å². The largest absolute Gasteiger partial charge is 0.497 e. The van der Waals surface area contributed by atoms with Crippen LogP contribution in [-0.2, 0) is 0 Å². The normalized spacial score (nSPS) is 16.9. The first-order valence-corrected chi connectivity index (χ1v) is 12.6. The minimum absolute atomic E-state index is 0.429. The van der Waals surface area contributed by atoms with Crippen molar-refractivity contribution >= 4 is 22.7 Å². The van der Waals surface area contributed by atoms with E-state index in [-0.39, 0.29) is 0 Å². The highest BCUT2D eigenvalue weighted by atomic mass is 16.5. The standard InChI is InChI=1S/C28H32N6O/c1-20-7-11-22(12-8-20)32-15-17-33(18-16-32)27-25-28(30-19-29-27)34(23-5-3-4-6-23)26(31-25)21-9-13-24(35-2)14-10-21/h7-14,19,23H,3-6,15-18H2,1-2H3. The predicted octanol–water partition coefficient (Wildman–Crippen LogP) is 5.25. The van der Waals surface area contributed by atoms with Crippen LogP contribution in [0.4, 0.5) is 11.5 Å². The van der Waals surface area contributed by atoms with Gasteiger partial charge in [-0.2, -0.15) is 0 Å². The fraction of sp³-hybridized carbons (Fsp3) is 0.393. The van der Waals surface area contributed by atoms with Gasteiger partial charge in [-0.25, -0.2) is 15.0 Å². The smallest absolute Gasteiger partial charge is 0.166 e. The molecule has 2 fully saturated rings. The third-order valence-electron chi connectivity index (χ3n) is 7.47. The monoisotopic (exact) mass is 468 g/mol. The van der Waals surface area contributed by atoms with Gasteiger partial charge in [0, 0.05) is 43.5 Å². The fourth-order valence-electron chi connectivity index (χ4n) is 5.51. The van der Waals surface area contributed by atoms with E-state index in [1.165, 1.54) is 36.9 Å². The van der Waals surface area contributed by atoms with E-state index in [2.05, 4.69) is 57.7 Å². The first-order valence-electron chi connectivity index (χ1n) is 12.6. The van der Waals surface area contributed by atoms with Crippen LogP contribution in [0.1, 0.15) is 37.3 Å². The molecule has 0 N–H and O–H groups in total. The van der Waals surface area contributed by atoms with Crippen LogP contribution in [-0.4, -0.2) is 52.8 Å².